The molecule has 2 amide bonds. The highest BCUT2D eigenvalue weighted by Crippen LogP contribution is 2.55. The van der Waals surface area contributed by atoms with Gasteiger partial charge in [0.2, 0.25) is 12.7 Å². The molecule has 7 heteroatoms. The fourth-order valence-corrected chi connectivity index (χ4v) is 5.57. The molecular weight excluding hydrogens is 468 g/mol. The number of hydrogen-bond acceptors (Lipinski definition) is 5. The number of para-hydroxylation sites is 1. The first-order valence-corrected chi connectivity index (χ1v) is 13.0. The summed E-state index contributed by atoms with van der Waals surface area (Å²) in [5.41, 5.74) is 3.12. The summed E-state index contributed by atoms with van der Waals surface area (Å²) < 4.78 is 17.2. The van der Waals surface area contributed by atoms with Gasteiger partial charge in [0.05, 0.1) is 6.54 Å². The van der Waals surface area contributed by atoms with Crippen molar-refractivity contribution in [2.75, 3.05) is 24.8 Å². The molecule has 0 saturated carbocycles. The van der Waals surface area contributed by atoms with Crippen molar-refractivity contribution in [3.63, 3.8) is 0 Å². The summed E-state index contributed by atoms with van der Waals surface area (Å²) in [6, 6.07) is 19.1. The summed E-state index contributed by atoms with van der Waals surface area (Å²) in [6.45, 7) is 3.57. The number of amides is 2. The van der Waals surface area contributed by atoms with Crippen molar-refractivity contribution in [1.82, 2.24) is 5.32 Å². The van der Waals surface area contributed by atoms with Gasteiger partial charge in [0, 0.05) is 29.4 Å². The third-order valence-electron chi connectivity index (χ3n) is 7.49. The number of benzene rings is 3. The van der Waals surface area contributed by atoms with Crippen LogP contribution in [0.15, 0.2) is 60.7 Å². The Morgan fingerprint density at radius 1 is 0.919 bits per heavy atom. The molecule has 1 atom stereocenters. The predicted molar refractivity (Wildman–Crippen MR) is 139 cm³/mol. The average Bonchev–Trinajstić information content (AvgIpc) is 3.60. The zero-order valence-corrected chi connectivity index (χ0v) is 20.9. The number of carbonyl (C=O) groups excluding carboxylic acids is 2. The number of nitrogens with zero attached hydrogens (tertiary/aromatic N) is 1. The maximum Gasteiger partial charge on any atom is 0.251 e. The van der Waals surface area contributed by atoms with Crippen LogP contribution in [-0.2, 0) is 16.8 Å². The smallest absolute Gasteiger partial charge is 0.251 e. The first-order chi connectivity index (χ1) is 18.1. The minimum absolute atomic E-state index is 0.0444. The van der Waals surface area contributed by atoms with Crippen molar-refractivity contribution < 1.29 is 23.8 Å². The van der Waals surface area contributed by atoms with E-state index in [9.17, 15) is 9.59 Å². The molecule has 1 unspecified atom stereocenters. The minimum Gasteiger partial charge on any atom is -0.491 e. The van der Waals surface area contributed by atoms with Gasteiger partial charge >= 0.3 is 0 Å². The second-order valence-electron chi connectivity index (χ2n) is 9.82. The van der Waals surface area contributed by atoms with Crippen molar-refractivity contribution in [2.45, 2.75) is 44.6 Å². The zero-order chi connectivity index (χ0) is 25.4. The Bertz CT molecular complexity index is 1370. The number of nitrogens with one attached hydrogen (secondary N) is 1. The van der Waals surface area contributed by atoms with E-state index in [1.165, 1.54) is 6.42 Å². The van der Waals surface area contributed by atoms with E-state index < -0.39 is 5.41 Å². The first-order valence-electron chi connectivity index (χ1n) is 13.0. The zero-order valence-electron chi connectivity index (χ0n) is 20.9. The minimum atomic E-state index is -0.944. The van der Waals surface area contributed by atoms with Crippen molar-refractivity contribution >= 4 is 17.5 Å². The molecule has 3 aliphatic rings. The highest BCUT2D eigenvalue weighted by atomic mass is 16.7. The summed E-state index contributed by atoms with van der Waals surface area (Å²) in [6.07, 6.45) is 4.43. The van der Waals surface area contributed by atoms with E-state index in [4.69, 9.17) is 14.2 Å². The monoisotopic (exact) mass is 498 g/mol. The second kappa shape index (κ2) is 9.47. The van der Waals surface area contributed by atoms with Crippen LogP contribution in [0.1, 0.15) is 59.7 Å². The largest absolute Gasteiger partial charge is 0.491 e. The predicted octanol–water partition coefficient (Wildman–Crippen LogP) is 4.95. The van der Waals surface area contributed by atoms with Gasteiger partial charge in [-0.2, -0.15) is 0 Å². The van der Waals surface area contributed by atoms with Crippen LogP contribution in [0.2, 0.25) is 0 Å². The van der Waals surface area contributed by atoms with E-state index in [1.807, 2.05) is 60.7 Å². The lowest BCUT2D eigenvalue weighted by molar-refractivity contribution is -0.122. The third-order valence-corrected chi connectivity index (χ3v) is 7.49. The van der Waals surface area contributed by atoms with Gasteiger partial charge in [-0.1, -0.05) is 56.5 Å². The lowest BCUT2D eigenvalue weighted by atomic mass is 9.77. The van der Waals surface area contributed by atoms with Gasteiger partial charge in [0.15, 0.2) is 11.5 Å². The van der Waals surface area contributed by atoms with Gasteiger partial charge in [0.25, 0.3) is 5.91 Å². The number of rotatable bonds is 8. The van der Waals surface area contributed by atoms with Gasteiger partial charge in [-0.05, 0) is 41.8 Å². The van der Waals surface area contributed by atoms with Gasteiger partial charge < -0.3 is 24.4 Å². The molecule has 37 heavy (non-hydrogen) atoms. The van der Waals surface area contributed by atoms with Crippen molar-refractivity contribution in [1.29, 1.82) is 0 Å². The standard InChI is InChI=1S/C30H30N2O5/c1-2-3-4-7-13-31-28(33)21-10-8-9-20(14-21)17-32-24-12-6-5-11-22(24)30(29(32)34)18-35-25-16-27-26(15-23(25)30)36-19-37-27/h5-6,8-12,14-16H,2-4,7,13,17-19H2,1H3,(H,31,33). The molecule has 7 nitrogen and oxygen atoms in total. The number of carbonyl (C=O) groups is 2. The summed E-state index contributed by atoms with van der Waals surface area (Å²) in [5, 5.41) is 3.02. The lowest BCUT2D eigenvalue weighted by Crippen LogP contribution is -2.42. The van der Waals surface area contributed by atoms with Gasteiger partial charge in [-0.25, -0.2) is 0 Å². The average molecular weight is 499 g/mol. The Labute approximate surface area is 216 Å². The highest BCUT2D eigenvalue weighted by Gasteiger charge is 2.57. The normalized spacial score (nSPS) is 18.6. The van der Waals surface area contributed by atoms with Crippen molar-refractivity contribution in [2.24, 2.45) is 0 Å². The molecule has 3 aromatic rings. The molecule has 0 saturated heterocycles. The van der Waals surface area contributed by atoms with E-state index >= 15 is 0 Å². The van der Waals surface area contributed by atoms with Gasteiger partial charge in [-0.3, -0.25) is 9.59 Å². The number of fused-ring (bicyclic) bond motifs is 5. The summed E-state index contributed by atoms with van der Waals surface area (Å²) in [4.78, 5) is 28.7. The number of anilines is 1. The second-order valence-corrected chi connectivity index (χ2v) is 9.82. The summed E-state index contributed by atoms with van der Waals surface area (Å²) >= 11 is 0. The third kappa shape index (κ3) is 3.89. The summed E-state index contributed by atoms with van der Waals surface area (Å²) in [7, 11) is 0. The van der Waals surface area contributed by atoms with Crippen LogP contribution in [-0.4, -0.2) is 31.8 Å². The molecule has 3 heterocycles. The van der Waals surface area contributed by atoms with Crippen LogP contribution in [0, 0.1) is 0 Å². The summed E-state index contributed by atoms with van der Waals surface area (Å²) in [5.74, 6) is 1.77. The molecular formula is C30H30N2O5. The van der Waals surface area contributed by atoms with Crippen LogP contribution < -0.4 is 24.4 Å². The Morgan fingerprint density at radius 3 is 2.62 bits per heavy atom. The van der Waals surface area contributed by atoms with E-state index in [2.05, 4.69) is 12.2 Å². The van der Waals surface area contributed by atoms with Crippen molar-refractivity contribution in [3.8, 4) is 17.2 Å². The molecule has 3 aliphatic heterocycles. The molecule has 3 aromatic carbocycles. The topological polar surface area (TPSA) is 77.1 Å². The molecule has 0 aliphatic carbocycles. The van der Waals surface area contributed by atoms with E-state index in [-0.39, 0.29) is 25.2 Å². The Hall–Kier alpha value is -4.00. The van der Waals surface area contributed by atoms with Crippen LogP contribution >= 0.6 is 0 Å². The molecule has 6 rings (SSSR count). The molecule has 0 fully saturated rings. The molecule has 1 N–H and O–H groups in total. The number of ether oxygens (including phenoxy) is 3. The Balaban J connectivity index is 1.27. The van der Waals surface area contributed by atoms with E-state index in [1.54, 1.807) is 4.90 Å². The van der Waals surface area contributed by atoms with E-state index in [0.29, 0.717) is 35.9 Å². The fraction of sp³-hybridized carbons (Fsp3) is 0.333. The Morgan fingerprint density at radius 2 is 1.76 bits per heavy atom. The fourth-order valence-electron chi connectivity index (χ4n) is 5.57. The number of unbranched alkanes of at least 4 members (excludes halogenated alkanes) is 3. The molecule has 0 radical (unpaired) electrons. The van der Waals surface area contributed by atoms with E-state index in [0.717, 1.165) is 41.6 Å². The van der Waals surface area contributed by atoms with Gasteiger partial charge in [0.1, 0.15) is 17.8 Å². The lowest BCUT2D eigenvalue weighted by Gasteiger charge is -2.23. The molecule has 1 spiro atoms. The van der Waals surface area contributed by atoms with Gasteiger partial charge in [-0.15, -0.1) is 0 Å². The quantitative estimate of drug-likeness (QED) is 0.445. The van der Waals surface area contributed by atoms with Crippen molar-refractivity contribution in [3.05, 3.63) is 82.9 Å². The highest BCUT2D eigenvalue weighted by molar-refractivity contribution is 6.11. The molecule has 0 bridgehead atoms. The number of hydrogen-bond donors (Lipinski definition) is 1. The van der Waals surface area contributed by atoms with Crippen LogP contribution in [0.4, 0.5) is 5.69 Å². The van der Waals surface area contributed by atoms with Crippen LogP contribution in [0.3, 0.4) is 0 Å². The molecule has 190 valence electrons. The maximum atomic E-state index is 14.2. The van der Waals surface area contributed by atoms with Crippen LogP contribution in [0.25, 0.3) is 0 Å². The first kappa shape index (κ1) is 23.4. The molecule has 0 aromatic heterocycles. The van der Waals surface area contributed by atoms with Crippen LogP contribution in [0.5, 0.6) is 17.2 Å². The maximum absolute atomic E-state index is 14.2. The SMILES string of the molecule is CCCCCCNC(=O)c1cccc(CN2C(=O)C3(COc4cc5c(cc43)OCO5)c3ccccc32)c1. The Kier molecular flexibility index (Phi) is 5.99.